The van der Waals surface area contributed by atoms with Gasteiger partial charge in [-0.25, -0.2) is 4.39 Å². The average molecular weight is 136 g/mol. The van der Waals surface area contributed by atoms with Gasteiger partial charge in [-0.2, -0.15) is 0 Å². The summed E-state index contributed by atoms with van der Waals surface area (Å²) < 4.78 is 12.4. The number of hydrogen-bond acceptors (Lipinski definition) is 2. The average Bonchev–Trinajstić information content (AvgIpc) is 1.87. The third-order valence-electron chi connectivity index (χ3n) is 1.17. The lowest BCUT2D eigenvalue weighted by Crippen LogP contribution is -2.25. The zero-order chi connectivity index (χ0) is 7.28. The van der Waals surface area contributed by atoms with Crippen LogP contribution in [0.2, 0.25) is 0 Å². The monoisotopic (exact) mass is 136 g/mol. The molecule has 9 heavy (non-hydrogen) atoms. The van der Waals surface area contributed by atoms with Crippen LogP contribution in [-0.4, -0.2) is 29.1 Å². The SMILES string of the molecule is CCC[C@H](F)[C@H](O)CO. The first-order valence-electron chi connectivity index (χ1n) is 3.15. The van der Waals surface area contributed by atoms with E-state index in [-0.39, 0.29) is 0 Å². The van der Waals surface area contributed by atoms with E-state index in [4.69, 9.17) is 10.2 Å². The summed E-state index contributed by atoms with van der Waals surface area (Å²) in [5.74, 6) is 0. The van der Waals surface area contributed by atoms with E-state index in [9.17, 15) is 4.39 Å². The zero-order valence-electron chi connectivity index (χ0n) is 5.55. The van der Waals surface area contributed by atoms with E-state index in [0.29, 0.717) is 12.8 Å². The van der Waals surface area contributed by atoms with Gasteiger partial charge in [-0.15, -0.1) is 0 Å². The third-order valence-corrected chi connectivity index (χ3v) is 1.17. The Labute approximate surface area is 54.3 Å². The molecule has 0 unspecified atom stereocenters. The van der Waals surface area contributed by atoms with Crippen molar-refractivity contribution < 1.29 is 14.6 Å². The van der Waals surface area contributed by atoms with Crippen molar-refractivity contribution >= 4 is 0 Å². The number of aliphatic hydroxyl groups excluding tert-OH is 2. The molecule has 0 saturated carbocycles. The van der Waals surface area contributed by atoms with E-state index in [1.54, 1.807) is 0 Å². The van der Waals surface area contributed by atoms with Crippen molar-refractivity contribution in [2.45, 2.75) is 32.0 Å². The van der Waals surface area contributed by atoms with Crippen LogP contribution in [0.1, 0.15) is 19.8 Å². The Morgan fingerprint density at radius 3 is 2.44 bits per heavy atom. The highest BCUT2D eigenvalue weighted by Crippen LogP contribution is 2.05. The summed E-state index contributed by atoms with van der Waals surface area (Å²) in [6.07, 6.45) is -1.44. The molecule has 0 spiro atoms. The number of hydrogen-bond donors (Lipinski definition) is 2. The van der Waals surface area contributed by atoms with Gasteiger partial charge in [0.25, 0.3) is 0 Å². The van der Waals surface area contributed by atoms with E-state index in [2.05, 4.69) is 0 Å². The maximum atomic E-state index is 12.4. The fraction of sp³-hybridized carbons (Fsp3) is 1.00. The first-order valence-corrected chi connectivity index (χ1v) is 3.15. The van der Waals surface area contributed by atoms with Crippen LogP contribution in [0.25, 0.3) is 0 Å². The molecule has 2 nitrogen and oxygen atoms in total. The molecule has 0 aliphatic rings. The Balaban J connectivity index is 3.32. The first-order chi connectivity index (χ1) is 4.22. The van der Waals surface area contributed by atoms with Crippen molar-refractivity contribution in [2.24, 2.45) is 0 Å². The van der Waals surface area contributed by atoms with Gasteiger partial charge in [0.05, 0.1) is 6.61 Å². The summed E-state index contributed by atoms with van der Waals surface area (Å²) >= 11 is 0. The second kappa shape index (κ2) is 4.70. The minimum atomic E-state index is -1.26. The van der Waals surface area contributed by atoms with Crippen LogP contribution < -0.4 is 0 Å². The van der Waals surface area contributed by atoms with Gasteiger partial charge in [-0.3, -0.25) is 0 Å². The summed E-state index contributed by atoms with van der Waals surface area (Å²) in [5, 5.41) is 16.9. The zero-order valence-corrected chi connectivity index (χ0v) is 5.55. The molecule has 3 heteroatoms. The molecule has 0 amide bonds. The molecule has 0 aliphatic carbocycles. The topological polar surface area (TPSA) is 40.5 Å². The molecule has 0 radical (unpaired) electrons. The van der Waals surface area contributed by atoms with E-state index in [1.807, 2.05) is 6.92 Å². The van der Waals surface area contributed by atoms with Gasteiger partial charge in [-0.1, -0.05) is 13.3 Å². The lowest BCUT2D eigenvalue weighted by Gasteiger charge is -2.10. The van der Waals surface area contributed by atoms with Gasteiger partial charge in [0, 0.05) is 0 Å². The fourth-order valence-electron chi connectivity index (χ4n) is 0.583. The molecule has 2 N–H and O–H groups in total. The van der Waals surface area contributed by atoms with Crippen molar-refractivity contribution in [2.75, 3.05) is 6.61 Å². The van der Waals surface area contributed by atoms with E-state index in [1.165, 1.54) is 0 Å². The number of aliphatic hydroxyl groups is 2. The van der Waals surface area contributed by atoms with Crippen molar-refractivity contribution in [3.8, 4) is 0 Å². The van der Waals surface area contributed by atoms with Crippen molar-refractivity contribution in [3.63, 3.8) is 0 Å². The molecule has 0 rings (SSSR count). The van der Waals surface area contributed by atoms with Crippen LogP contribution in [0, 0.1) is 0 Å². The number of alkyl halides is 1. The highest BCUT2D eigenvalue weighted by Gasteiger charge is 2.14. The molecule has 0 heterocycles. The smallest absolute Gasteiger partial charge is 0.128 e. The normalized spacial score (nSPS) is 17.3. The molecular formula is C6H13FO2. The summed E-state index contributed by atoms with van der Waals surface area (Å²) in [7, 11) is 0. The molecule has 2 atom stereocenters. The van der Waals surface area contributed by atoms with Crippen LogP contribution in [0.3, 0.4) is 0 Å². The van der Waals surface area contributed by atoms with E-state index < -0.39 is 18.9 Å². The van der Waals surface area contributed by atoms with Gasteiger partial charge in [0.1, 0.15) is 12.3 Å². The van der Waals surface area contributed by atoms with Crippen LogP contribution in [0.5, 0.6) is 0 Å². The molecule has 56 valence electrons. The lowest BCUT2D eigenvalue weighted by atomic mass is 10.1. The Bertz CT molecular complexity index is 68.1. The fourth-order valence-corrected chi connectivity index (χ4v) is 0.583. The Morgan fingerprint density at radius 2 is 2.11 bits per heavy atom. The molecule has 0 aliphatic heterocycles. The maximum absolute atomic E-state index is 12.4. The molecule has 0 fully saturated rings. The van der Waals surface area contributed by atoms with Gasteiger partial charge in [-0.05, 0) is 6.42 Å². The number of rotatable bonds is 4. The highest BCUT2D eigenvalue weighted by molar-refractivity contribution is 4.64. The standard InChI is InChI=1S/C6H13FO2/c1-2-3-5(7)6(9)4-8/h5-6,8-9H,2-4H2,1H3/t5-,6+/m0/s1. The van der Waals surface area contributed by atoms with Crippen LogP contribution in [0.15, 0.2) is 0 Å². The van der Waals surface area contributed by atoms with Crippen LogP contribution >= 0.6 is 0 Å². The number of halogens is 1. The minimum absolute atomic E-state index is 0.321. The van der Waals surface area contributed by atoms with Crippen molar-refractivity contribution in [3.05, 3.63) is 0 Å². The summed E-state index contributed by atoms with van der Waals surface area (Å²) in [5.41, 5.74) is 0. The third kappa shape index (κ3) is 3.43. The second-order valence-corrected chi connectivity index (χ2v) is 2.05. The summed E-state index contributed by atoms with van der Waals surface area (Å²) in [4.78, 5) is 0. The molecule has 0 saturated heterocycles. The molecule has 0 aromatic carbocycles. The lowest BCUT2D eigenvalue weighted by molar-refractivity contribution is 0.0250. The van der Waals surface area contributed by atoms with Crippen molar-refractivity contribution in [1.29, 1.82) is 0 Å². The summed E-state index contributed by atoms with van der Waals surface area (Å²) in [6.45, 7) is 1.35. The molecular weight excluding hydrogens is 123 g/mol. The predicted octanol–water partition coefficient (Wildman–Crippen LogP) is 0.478. The first kappa shape index (κ1) is 8.85. The quantitative estimate of drug-likeness (QED) is 0.590. The highest BCUT2D eigenvalue weighted by atomic mass is 19.1. The minimum Gasteiger partial charge on any atom is -0.394 e. The Kier molecular flexibility index (Phi) is 4.62. The molecule has 0 aromatic rings. The predicted molar refractivity (Wildman–Crippen MR) is 32.9 cm³/mol. The van der Waals surface area contributed by atoms with Crippen molar-refractivity contribution in [1.82, 2.24) is 0 Å². The van der Waals surface area contributed by atoms with Crippen LogP contribution in [-0.2, 0) is 0 Å². The van der Waals surface area contributed by atoms with Gasteiger partial charge >= 0.3 is 0 Å². The molecule has 0 aromatic heterocycles. The maximum Gasteiger partial charge on any atom is 0.128 e. The van der Waals surface area contributed by atoms with Gasteiger partial charge in [0.2, 0.25) is 0 Å². The van der Waals surface area contributed by atoms with Crippen LogP contribution in [0.4, 0.5) is 4.39 Å². The Morgan fingerprint density at radius 1 is 1.56 bits per heavy atom. The largest absolute Gasteiger partial charge is 0.394 e. The van der Waals surface area contributed by atoms with E-state index >= 15 is 0 Å². The molecule has 0 bridgehead atoms. The second-order valence-electron chi connectivity index (χ2n) is 2.05. The van der Waals surface area contributed by atoms with Gasteiger partial charge < -0.3 is 10.2 Å². The van der Waals surface area contributed by atoms with E-state index in [0.717, 1.165) is 0 Å². The van der Waals surface area contributed by atoms with Gasteiger partial charge in [0.15, 0.2) is 0 Å². The Hall–Kier alpha value is -0.150. The summed E-state index contributed by atoms with van der Waals surface area (Å²) in [6, 6.07) is 0.